The van der Waals surface area contributed by atoms with Crippen molar-refractivity contribution < 1.29 is 23.2 Å². The quantitative estimate of drug-likeness (QED) is 0.239. The third-order valence-electron chi connectivity index (χ3n) is 4.42. The predicted molar refractivity (Wildman–Crippen MR) is 114 cm³/mol. The summed E-state index contributed by atoms with van der Waals surface area (Å²) in [5, 5.41) is 20.1. The second-order valence-corrected chi connectivity index (χ2v) is 9.23. The Kier molecular flexibility index (Phi) is 5.98. The highest BCUT2D eigenvalue weighted by molar-refractivity contribution is 7.87. The summed E-state index contributed by atoms with van der Waals surface area (Å²) in [6.07, 6.45) is 0. The Balaban J connectivity index is 2.62. The number of hydrogen-bond donors (Lipinski definition) is 3. The average Bonchev–Trinajstić information content (AvgIpc) is 2.65. The Morgan fingerprint density at radius 3 is 1.97 bits per heavy atom. The van der Waals surface area contributed by atoms with Crippen molar-refractivity contribution >= 4 is 56.5 Å². The zero-order chi connectivity index (χ0) is 21.6. The predicted octanol–water partition coefficient (Wildman–Crippen LogP) is 5.89. The first-order valence-electron chi connectivity index (χ1n) is 7.90. The highest BCUT2D eigenvalue weighted by Crippen LogP contribution is 2.53. The van der Waals surface area contributed by atoms with Crippen LogP contribution in [0, 0.1) is 0 Å². The molecule has 152 valence electrons. The van der Waals surface area contributed by atoms with Crippen molar-refractivity contribution in [3.63, 3.8) is 0 Å². The minimum Gasteiger partial charge on any atom is -0.506 e. The first-order valence-corrected chi connectivity index (χ1v) is 10.9. The van der Waals surface area contributed by atoms with Crippen LogP contribution in [0.1, 0.15) is 16.7 Å². The van der Waals surface area contributed by atoms with Gasteiger partial charge in [-0.05, 0) is 23.8 Å². The summed E-state index contributed by atoms with van der Waals surface area (Å²) >= 11 is 24.1. The molecule has 0 amide bonds. The van der Waals surface area contributed by atoms with Gasteiger partial charge in [0.25, 0.3) is 10.1 Å². The third-order valence-corrected chi connectivity index (χ3v) is 7.26. The van der Waals surface area contributed by atoms with E-state index in [0.717, 1.165) is 6.07 Å². The summed E-state index contributed by atoms with van der Waals surface area (Å²) < 4.78 is 33.9. The van der Waals surface area contributed by atoms with E-state index in [4.69, 9.17) is 46.4 Å². The summed E-state index contributed by atoms with van der Waals surface area (Å²) in [6, 6.07) is 12.4. The van der Waals surface area contributed by atoms with Gasteiger partial charge >= 0.3 is 0 Å². The number of phenolic OH excluding ortho intramolecular Hbond substituents is 2. The van der Waals surface area contributed by atoms with Crippen LogP contribution in [-0.4, -0.2) is 23.2 Å². The van der Waals surface area contributed by atoms with Crippen LogP contribution in [0.3, 0.4) is 0 Å². The Morgan fingerprint density at radius 1 is 0.793 bits per heavy atom. The first kappa shape index (κ1) is 22.0. The van der Waals surface area contributed by atoms with Crippen LogP contribution in [0.15, 0.2) is 54.6 Å². The molecule has 3 aromatic carbocycles. The highest BCUT2D eigenvalue weighted by atomic mass is 35.5. The molecular formula is C19H12Cl4O5S. The van der Waals surface area contributed by atoms with E-state index in [0.29, 0.717) is 0 Å². The van der Waals surface area contributed by atoms with Crippen molar-refractivity contribution in [1.82, 2.24) is 0 Å². The topological polar surface area (TPSA) is 94.8 Å². The Bertz CT molecular complexity index is 1200. The van der Waals surface area contributed by atoms with E-state index >= 15 is 0 Å². The molecule has 1 atom stereocenters. The highest BCUT2D eigenvalue weighted by Gasteiger charge is 2.52. The maximum absolute atomic E-state index is 12.9. The second kappa shape index (κ2) is 7.87. The number of hydrogen-bond acceptors (Lipinski definition) is 4. The number of aromatic hydroxyl groups is 2. The van der Waals surface area contributed by atoms with Gasteiger partial charge in [0.2, 0.25) is 0 Å². The smallest absolute Gasteiger partial charge is 0.283 e. The Hall–Kier alpha value is -1.67. The van der Waals surface area contributed by atoms with Crippen LogP contribution in [0.25, 0.3) is 0 Å². The fraction of sp³-hybridized carbons (Fsp3) is 0.0526. The summed E-state index contributed by atoms with van der Waals surface area (Å²) in [5.74, 6) is -1.35. The standard InChI is InChI=1S/C19H12Cl4O5S/c20-11-6-7-12(14(21)8-11)19(29(26,27)28,10-4-2-1-3-5-10)13-9-15(24)16(22)17(23)18(13)25/h1-9,24-25H,(H,26,27,28). The van der Waals surface area contributed by atoms with Gasteiger partial charge in [0.15, 0.2) is 4.75 Å². The van der Waals surface area contributed by atoms with E-state index in [1.165, 1.54) is 42.5 Å². The summed E-state index contributed by atoms with van der Waals surface area (Å²) in [6.45, 7) is 0. The maximum atomic E-state index is 12.9. The normalized spacial score (nSPS) is 13.8. The SMILES string of the molecule is O=S(=O)(O)C(c1ccccc1)(c1ccc(Cl)cc1Cl)c1cc(O)c(Cl)c(Cl)c1O. The summed E-state index contributed by atoms with van der Waals surface area (Å²) in [4.78, 5) is 0. The number of rotatable bonds is 4. The molecule has 3 aromatic rings. The van der Waals surface area contributed by atoms with Crippen molar-refractivity contribution in [1.29, 1.82) is 0 Å². The molecule has 1 unspecified atom stereocenters. The van der Waals surface area contributed by atoms with Crippen molar-refractivity contribution in [3.8, 4) is 11.5 Å². The molecule has 5 nitrogen and oxygen atoms in total. The van der Waals surface area contributed by atoms with Crippen LogP contribution in [-0.2, 0) is 14.9 Å². The molecule has 0 saturated heterocycles. The van der Waals surface area contributed by atoms with Crippen LogP contribution in [0.5, 0.6) is 11.5 Å². The average molecular weight is 494 g/mol. The number of phenols is 2. The Morgan fingerprint density at radius 2 is 1.41 bits per heavy atom. The van der Waals surface area contributed by atoms with Gasteiger partial charge in [-0.25, -0.2) is 0 Å². The molecular weight excluding hydrogens is 482 g/mol. The third kappa shape index (κ3) is 3.54. The molecule has 0 aliphatic carbocycles. The van der Waals surface area contributed by atoms with Gasteiger partial charge in [0.1, 0.15) is 21.5 Å². The lowest BCUT2D eigenvalue weighted by Crippen LogP contribution is -2.38. The molecule has 0 bridgehead atoms. The first-order chi connectivity index (χ1) is 13.5. The van der Waals surface area contributed by atoms with E-state index in [2.05, 4.69) is 0 Å². The largest absolute Gasteiger partial charge is 0.506 e. The molecule has 0 aromatic heterocycles. The van der Waals surface area contributed by atoms with E-state index in [1.807, 2.05) is 0 Å². The summed E-state index contributed by atoms with van der Waals surface area (Å²) in [7, 11) is -5.09. The second-order valence-electron chi connectivity index (χ2n) is 6.07. The van der Waals surface area contributed by atoms with Gasteiger partial charge in [0, 0.05) is 21.2 Å². The lowest BCUT2D eigenvalue weighted by atomic mass is 9.83. The van der Waals surface area contributed by atoms with Gasteiger partial charge in [-0.15, -0.1) is 0 Å². The van der Waals surface area contributed by atoms with Gasteiger partial charge in [-0.1, -0.05) is 82.8 Å². The maximum Gasteiger partial charge on any atom is 0.283 e. The minimum atomic E-state index is -5.09. The molecule has 10 heteroatoms. The van der Waals surface area contributed by atoms with E-state index in [-0.39, 0.29) is 26.2 Å². The van der Waals surface area contributed by atoms with Crippen LogP contribution in [0.2, 0.25) is 20.1 Å². The lowest BCUT2D eigenvalue weighted by Gasteiger charge is -2.34. The van der Waals surface area contributed by atoms with Gasteiger partial charge in [0.05, 0.1) is 0 Å². The van der Waals surface area contributed by atoms with Gasteiger partial charge in [-0.3, -0.25) is 4.55 Å². The summed E-state index contributed by atoms with van der Waals surface area (Å²) in [5.41, 5.74) is -0.535. The van der Waals surface area contributed by atoms with Gasteiger partial charge < -0.3 is 10.2 Å². The molecule has 0 saturated carbocycles. The van der Waals surface area contributed by atoms with E-state index in [9.17, 15) is 23.2 Å². The zero-order valence-electron chi connectivity index (χ0n) is 14.3. The molecule has 0 heterocycles. The van der Waals surface area contributed by atoms with Crippen LogP contribution < -0.4 is 0 Å². The zero-order valence-corrected chi connectivity index (χ0v) is 18.1. The van der Waals surface area contributed by atoms with Crippen molar-refractivity contribution in [2.75, 3.05) is 0 Å². The molecule has 0 fully saturated rings. The molecule has 0 aliphatic heterocycles. The molecule has 3 rings (SSSR count). The molecule has 0 spiro atoms. The lowest BCUT2D eigenvalue weighted by molar-refractivity contribution is 0.435. The molecule has 0 aliphatic rings. The van der Waals surface area contributed by atoms with Crippen molar-refractivity contribution in [3.05, 3.63) is 91.4 Å². The number of halogens is 4. The van der Waals surface area contributed by atoms with Gasteiger partial charge in [-0.2, -0.15) is 8.42 Å². The molecule has 3 N–H and O–H groups in total. The van der Waals surface area contributed by atoms with E-state index < -0.39 is 37.0 Å². The monoisotopic (exact) mass is 492 g/mol. The van der Waals surface area contributed by atoms with E-state index in [1.54, 1.807) is 6.07 Å². The van der Waals surface area contributed by atoms with Crippen LogP contribution >= 0.6 is 46.4 Å². The molecule has 0 radical (unpaired) electrons. The number of benzene rings is 3. The van der Waals surface area contributed by atoms with Crippen molar-refractivity contribution in [2.24, 2.45) is 0 Å². The fourth-order valence-corrected chi connectivity index (χ4v) is 5.47. The van der Waals surface area contributed by atoms with Crippen LogP contribution in [0.4, 0.5) is 0 Å². The molecule has 29 heavy (non-hydrogen) atoms. The Labute approximate surface area is 186 Å². The minimum absolute atomic E-state index is 0.0276. The van der Waals surface area contributed by atoms with Crippen molar-refractivity contribution in [2.45, 2.75) is 4.75 Å². The fourth-order valence-electron chi connectivity index (χ4n) is 3.20.